The molecule has 120 valence electrons. The van der Waals surface area contributed by atoms with E-state index in [-0.39, 0.29) is 11.3 Å². The first kappa shape index (κ1) is 15.5. The molecule has 2 fully saturated rings. The Morgan fingerprint density at radius 1 is 1.14 bits per heavy atom. The summed E-state index contributed by atoms with van der Waals surface area (Å²) in [5, 5.41) is 6.69. The molecule has 1 aromatic carbocycles. The van der Waals surface area contributed by atoms with Crippen LogP contribution in [0.2, 0.25) is 0 Å². The Balaban J connectivity index is 1.53. The van der Waals surface area contributed by atoms with Crippen molar-refractivity contribution in [3.8, 4) is 0 Å². The van der Waals surface area contributed by atoms with Gasteiger partial charge in [-0.25, -0.2) is 0 Å². The van der Waals surface area contributed by atoms with Gasteiger partial charge >= 0.3 is 0 Å². The minimum atomic E-state index is 0.150. The first-order valence-corrected chi connectivity index (χ1v) is 8.56. The fraction of sp³-hybridized carbons (Fsp3) is 0.632. The molecule has 2 saturated heterocycles. The molecule has 3 nitrogen and oxygen atoms in total. The summed E-state index contributed by atoms with van der Waals surface area (Å²) in [6.07, 6.45) is 5.56. The van der Waals surface area contributed by atoms with Gasteiger partial charge in [0, 0.05) is 24.2 Å². The van der Waals surface area contributed by atoms with Crippen molar-refractivity contribution in [2.75, 3.05) is 5.32 Å². The highest BCUT2D eigenvalue weighted by molar-refractivity contribution is 5.90. The Morgan fingerprint density at radius 2 is 1.73 bits per heavy atom. The average Bonchev–Trinajstić information content (AvgIpc) is 2.77. The lowest BCUT2D eigenvalue weighted by atomic mass is 9.87. The van der Waals surface area contributed by atoms with Crippen LogP contribution in [0.15, 0.2) is 24.3 Å². The van der Waals surface area contributed by atoms with E-state index in [0.29, 0.717) is 24.4 Å². The molecule has 1 aromatic rings. The highest BCUT2D eigenvalue weighted by Crippen LogP contribution is 2.33. The van der Waals surface area contributed by atoms with Gasteiger partial charge in [-0.1, -0.05) is 32.9 Å². The maximum absolute atomic E-state index is 12.3. The van der Waals surface area contributed by atoms with Gasteiger partial charge in [-0.2, -0.15) is 0 Å². The minimum Gasteiger partial charge on any atom is -0.326 e. The van der Waals surface area contributed by atoms with Crippen molar-refractivity contribution in [2.45, 2.75) is 70.4 Å². The third kappa shape index (κ3) is 3.70. The van der Waals surface area contributed by atoms with Crippen molar-refractivity contribution in [1.82, 2.24) is 5.32 Å². The van der Waals surface area contributed by atoms with Gasteiger partial charge in [0.2, 0.25) is 5.91 Å². The molecule has 0 aliphatic carbocycles. The van der Waals surface area contributed by atoms with Gasteiger partial charge in [0.15, 0.2) is 0 Å². The lowest BCUT2D eigenvalue weighted by molar-refractivity contribution is -0.117. The third-order valence-electron chi connectivity index (χ3n) is 5.08. The molecule has 1 amide bonds. The van der Waals surface area contributed by atoms with E-state index >= 15 is 0 Å². The Morgan fingerprint density at radius 3 is 2.27 bits per heavy atom. The number of fused-ring (bicyclic) bond motifs is 2. The first-order valence-electron chi connectivity index (χ1n) is 8.56. The number of hydrogen-bond donors (Lipinski definition) is 2. The van der Waals surface area contributed by atoms with Crippen molar-refractivity contribution >= 4 is 11.6 Å². The van der Waals surface area contributed by atoms with Crippen LogP contribution in [0.4, 0.5) is 5.69 Å². The Labute approximate surface area is 133 Å². The minimum absolute atomic E-state index is 0.150. The lowest BCUT2D eigenvalue weighted by Crippen LogP contribution is -2.39. The van der Waals surface area contributed by atoms with Crippen molar-refractivity contribution < 1.29 is 4.79 Å². The normalized spacial score (nSPS) is 27.7. The molecule has 0 aromatic heterocycles. The van der Waals surface area contributed by atoms with E-state index in [9.17, 15) is 4.79 Å². The summed E-state index contributed by atoms with van der Waals surface area (Å²) in [7, 11) is 0. The molecule has 0 radical (unpaired) electrons. The van der Waals surface area contributed by atoms with Crippen LogP contribution in [0.1, 0.15) is 58.4 Å². The first-order chi connectivity index (χ1) is 10.4. The van der Waals surface area contributed by atoms with Crippen LogP contribution in [0.25, 0.3) is 0 Å². The molecule has 22 heavy (non-hydrogen) atoms. The molecule has 2 aliphatic rings. The molecule has 2 bridgehead atoms. The van der Waals surface area contributed by atoms with Crippen molar-refractivity contribution in [2.24, 2.45) is 5.92 Å². The van der Waals surface area contributed by atoms with Gasteiger partial charge in [0.1, 0.15) is 0 Å². The van der Waals surface area contributed by atoms with Crippen LogP contribution < -0.4 is 10.6 Å². The van der Waals surface area contributed by atoms with Crippen LogP contribution >= 0.6 is 0 Å². The fourth-order valence-corrected chi connectivity index (χ4v) is 3.87. The molecule has 2 atom stereocenters. The van der Waals surface area contributed by atoms with E-state index in [1.807, 2.05) is 12.1 Å². The molecular formula is C19H28N2O. The van der Waals surface area contributed by atoms with Crippen molar-refractivity contribution in [3.05, 3.63) is 29.8 Å². The highest BCUT2D eigenvalue weighted by atomic mass is 16.1. The number of carbonyl (C=O) groups is 1. The SMILES string of the molecule is CC(C)(C)c1ccc(NC(=O)CC2CC3CCC(C2)N3)cc1. The van der Waals surface area contributed by atoms with Gasteiger partial charge in [-0.15, -0.1) is 0 Å². The molecule has 2 heterocycles. The van der Waals surface area contributed by atoms with Crippen LogP contribution in [0, 0.1) is 5.92 Å². The predicted octanol–water partition coefficient (Wildman–Crippen LogP) is 3.84. The summed E-state index contributed by atoms with van der Waals surface area (Å²) >= 11 is 0. The maximum atomic E-state index is 12.3. The van der Waals surface area contributed by atoms with Gasteiger partial charge in [0.05, 0.1) is 0 Å². The summed E-state index contributed by atoms with van der Waals surface area (Å²) in [5.74, 6) is 0.711. The topological polar surface area (TPSA) is 41.1 Å². The zero-order valence-electron chi connectivity index (χ0n) is 14.0. The lowest BCUT2D eigenvalue weighted by Gasteiger charge is -2.28. The number of nitrogens with one attached hydrogen (secondary N) is 2. The summed E-state index contributed by atoms with van der Waals surface area (Å²) in [5.41, 5.74) is 2.35. The van der Waals surface area contributed by atoms with E-state index in [2.05, 4.69) is 43.5 Å². The Kier molecular flexibility index (Phi) is 4.26. The van der Waals surface area contributed by atoms with Crippen LogP contribution in [0.3, 0.4) is 0 Å². The van der Waals surface area contributed by atoms with Crippen molar-refractivity contribution in [3.63, 3.8) is 0 Å². The zero-order valence-corrected chi connectivity index (χ0v) is 14.0. The molecule has 3 heteroatoms. The Bertz CT molecular complexity index is 517. The van der Waals surface area contributed by atoms with E-state index in [4.69, 9.17) is 0 Å². The second kappa shape index (κ2) is 6.04. The molecule has 2 N–H and O–H groups in total. The summed E-state index contributed by atoms with van der Waals surface area (Å²) in [6, 6.07) is 9.57. The van der Waals surface area contributed by atoms with Crippen molar-refractivity contribution in [1.29, 1.82) is 0 Å². The molecule has 2 unspecified atom stereocenters. The molecule has 3 rings (SSSR count). The van der Waals surface area contributed by atoms with Crippen LogP contribution in [-0.2, 0) is 10.2 Å². The maximum Gasteiger partial charge on any atom is 0.224 e. The number of piperidine rings is 1. The van der Waals surface area contributed by atoms with Gasteiger partial charge in [-0.3, -0.25) is 4.79 Å². The second-order valence-corrected chi connectivity index (χ2v) is 8.05. The van der Waals surface area contributed by atoms with E-state index < -0.39 is 0 Å². The standard InChI is InChI=1S/C19H28N2O/c1-19(2,3)14-4-6-15(7-5-14)21-18(22)12-13-10-16-8-9-17(11-13)20-16/h4-7,13,16-17,20H,8-12H2,1-3H3,(H,21,22). The van der Waals surface area contributed by atoms with Crippen LogP contribution in [-0.4, -0.2) is 18.0 Å². The molecule has 0 spiro atoms. The molecule has 2 aliphatic heterocycles. The quantitative estimate of drug-likeness (QED) is 0.890. The van der Waals surface area contributed by atoms with Gasteiger partial charge < -0.3 is 10.6 Å². The predicted molar refractivity (Wildman–Crippen MR) is 91.1 cm³/mol. The summed E-state index contributed by atoms with van der Waals surface area (Å²) < 4.78 is 0. The fourth-order valence-electron chi connectivity index (χ4n) is 3.87. The van der Waals surface area contributed by atoms with Gasteiger partial charge in [-0.05, 0) is 54.7 Å². The average molecular weight is 300 g/mol. The summed E-state index contributed by atoms with van der Waals surface area (Å²) in [6.45, 7) is 6.60. The number of anilines is 1. The van der Waals surface area contributed by atoms with Crippen LogP contribution in [0.5, 0.6) is 0 Å². The number of rotatable bonds is 3. The monoisotopic (exact) mass is 300 g/mol. The van der Waals surface area contributed by atoms with E-state index in [1.165, 1.54) is 18.4 Å². The number of amides is 1. The third-order valence-corrected chi connectivity index (χ3v) is 5.08. The largest absolute Gasteiger partial charge is 0.326 e. The second-order valence-electron chi connectivity index (χ2n) is 8.05. The molecule has 0 saturated carbocycles. The number of hydrogen-bond acceptors (Lipinski definition) is 2. The number of benzene rings is 1. The highest BCUT2D eigenvalue weighted by Gasteiger charge is 2.34. The van der Waals surface area contributed by atoms with E-state index in [1.54, 1.807) is 0 Å². The zero-order chi connectivity index (χ0) is 15.7. The Hall–Kier alpha value is -1.35. The molecular weight excluding hydrogens is 272 g/mol. The van der Waals surface area contributed by atoms with Gasteiger partial charge in [0.25, 0.3) is 0 Å². The number of carbonyl (C=O) groups excluding carboxylic acids is 1. The van der Waals surface area contributed by atoms with E-state index in [0.717, 1.165) is 18.5 Å². The smallest absolute Gasteiger partial charge is 0.224 e. The summed E-state index contributed by atoms with van der Waals surface area (Å²) in [4.78, 5) is 12.3.